The first-order valence-corrected chi connectivity index (χ1v) is 12.4. The fraction of sp³-hybridized carbons (Fsp3) is 0.600. The van der Waals surface area contributed by atoms with Crippen molar-refractivity contribution in [2.75, 3.05) is 59.2 Å². The van der Waals surface area contributed by atoms with Gasteiger partial charge in [0.25, 0.3) is 0 Å². The molecule has 1 aliphatic heterocycles. The molecule has 1 aromatic heterocycles. The number of rotatable bonds is 11. The number of aryl methyl sites for hydroxylation is 1. The van der Waals surface area contributed by atoms with E-state index in [1.807, 2.05) is 13.0 Å². The zero-order chi connectivity index (χ0) is 24.7. The number of fused-ring (bicyclic) bond motifs is 1. The normalized spacial score (nSPS) is 13.8. The van der Waals surface area contributed by atoms with Crippen molar-refractivity contribution in [3.8, 4) is 5.75 Å². The van der Waals surface area contributed by atoms with E-state index in [2.05, 4.69) is 23.6 Å². The average molecular weight is 568 g/mol. The van der Waals surface area contributed by atoms with Gasteiger partial charge >= 0.3 is 11.6 Å². The number of hydrogen-bond donors (Lipinski definition) is 0. The Morgan fingerprint density at radius 3 is 2.44 bits per heavy atom. The number of benzene rings is 1. The van der Waals surface area contributed by atoms with Crippen molar-refractivity contribution in [3.63, 3.8) is 0 Å². The summed E-state index contributed by atoms with van der Waals surface area (Å²) >= 11 is 6.73. The average Bonchev–Trinajstić information content (AvgIpc) is 2.83. The summed E-state index contributed by atoms with van der Waals surface area (Å²) in [7, 11) is 0. The minimum atomic E-state index is -0.486. The van der Waals surface area contributed by atoms with Gasteiger partial charge in [0.05, 0.1) is 19.8 Å². The second-order valence-corrected chi connectivity index (χ2v) is 8.69. The quantitative estimate of drug-likeness (QED) is 0.294. The SMILES string of the molecule is CCOC(=O)COc1c(CN2CCOCC2)cc2c(C)c(CCN(CC)CC)c(=O)oc2c1Cl.Cl.Cl. The molecular weight excluding hydrogens is 531 g/mol. The van der Waals surface area contributed by atoms with E-state index in [-0.39, 0.29) is 48.6 Å². The Morgan fingerprint density at radius 2 is 1.83 bits per heavy atom. The van der Waals surface area contributed by atoms with Gasteiger partial charge in [-0.1, -0.05) is 25.4 Å². The summed E-state index contributed by atoms with van der Waals surface area (Å²) in [6.45, 7) is 13.9. The number of halogens is 3. The van der Waals surface area contributed by atoms with Gasteiger partial charge in [0, 0.05) is 42.7 Å². The Bertz CT molecular complexity index is 1050. The summed E-state index contributed by atoms with van der Waals surface area (Å²) in [4.78, 5) is 29.3. The lowest BCUT2D eigenvalue weighted by molar-refractivity contribution is -0.145. The van der Waals surface area contributed by atoms with E-state index in [1.54, 1.807) is 6.92 Å². The minimum absolute atomic E-state index is 0. The lowest BCUT2D eigenvalue weighted by Gasteiger charge is -2.27. The molecule has 11 heteroatoms. The number of likely N-dealkylation sites (N-methyl/N-ethyl adjacent to an activating group) is 1. The highest BCUT2D eigenvalue weighted by molar-refractivity contribution is 6.36. The Labute approximate surface area is 230 Å². The number of hydrogen-bond acceptors (Lipinski definition) is 8. The molecule has 36 heavy (non-hydrogen) atoms. The molecule has 1 aliphatic rings. The molecule has 0 aliphatic carbocycles. The molecule has 1 saturated heterocycles. The van der Waals surface area contributed by atoms with Gasteiger partial charge in [0.1, 0.15) is 10.8 Å². The molecule has 0 radical (unpaired) electrons. The first kappa shape index (κ1) is 32.5. The number of carbonyl (C=O) groups excluding carboxylic acids is 1. The van der Waals surface area contributed by atoms with E-state index < -0.39 is 11.6 Å². The molecule has 3 rings (SSSR count). The second-order valence-electron chi connectivity index (χ2n) is 8.31. The Morgan fingerprint density at radius 1 is 1.17 bits per heavy atom. The third kappa shape index (κ3) is 7.97. The lowest BCUT2D eigenvalue weighted by atomic mass is 10.0. The van der Waals surface area contributed by atoms with Crippen LogP contribution in [0.25, 0.3) is 11.0 Å². The summed E-state index contributed by atoms with van der Waals surface area (Å²) < 4.78 is 22.0. The van der Waals surface area contributed by atoms with Crippen LogP contribution in [0.3, 0.4) is 0 Å². The summed E-state index contributed by atoms with van der Waals surface area (Å²) in [5.74, 6) is -0.146. The van der Waals surface area contributed by atoms with Crippen LogP contribution in [0.2, 0.25) is 5.02 Å². The molecule has 0 spiro atoms. The molecule has 0 saturated carbocycles. The van der Waals surface area contributed by atoms with Crippen molar-refractivity contribution >= 4 is 53.4 Å². The van der Waals surface area contributed by atoms with Gasteiger partial charge in [-0.15, -0.1) is 24.8 Å². The summed E-state index contributed by atoms with van der Waals surface area (Å²) in [6.07, 6.45) is 0.601. The summed E-state index contributed by atoms with van der Waals surface area (Å²) in [6, 6.07) is 1.97. The molecule has 8 nitrogen and oxygen atoms in total. The fourth-order valence-electron chi connectivity index (χ4n) is 4.22. The number of esters is 1. The molecule has 0 unspecified atom stereocenters. The van der Waals surface area contributed by atoms with Gasteiger partial charge in [-0.05, 0) is 45.0 Å². The van der Waals surface area contributed by atoms with Crippen LogP contribution < -0.4 is 10.4 Å². The molecule has 2 heterocycles. The maximum absolute atomic E-state index is 12.9. The van der Waals surface area contributed by atoms with Crippen LogP contribution in [0, 0.1) is 6.92 Å². The maximum Gasteiger partial charge on any atom is 0.344 e. The highest BCUT2D eigenvalue weighted by atomic mass is 35.5. The molecule has 0 atom stereocenters. The predicted octanol–water partition coefficient (Wildman–Crippen LogP) is 4.26. The standard InChI is InChI=1S/C25H35ClN2O6.2ClH/c1-5-27(6-2)9-8-19-17(4)20-14-18(15-28-10-12-31-13-11-28)23(33-16-21(29)32-7-3)22(26)24(20)34-25(19)30;;/h14H,5-13,15-16H2,1-4H3;2*1H. The summed E-state index contributed by atoms with van der Waals surface area (Å²) in [5.41, 5.74) is 2.24. The van der Waals surface area contributed by atoms with Crippen molar-refractivity contribution < 1.29 is 23.4 Å². The maximum atomic E-state index is 12.9. The molecule has 1 aromatic carbocycles. The van der Waals surface area contributed by atoms with E-state index in [0.717, 1.165) is 49.2 Å². The van der Waals surface area contributed by atoms with Crippen LogP contribution in [0.15, 0.2) is 15.3 Å². The van der Waals surface area contributed by atoms with Gasteiger partial charge in [0.2, 0.25) is 0 Å². The number of nitrogens with zero attached hydrogens (tertiary/aromatic N) is 2. The fourth-order valence-corrected chi connectivity index (χ4v) is 4.54. The first-order valence-electron chi connectivity index (χ1n) is 12.0. The van der Waals surface area contributed by atoms with Crippen molar-refractivity contribution in [1.82, 2.24) is 9.80 Å². The van der Waals surface area contributed by atoms with E-state index >= 15 is 0 Å². The van der Waals surface area contributed by atoms with E-state index in [0.29, 0.717) is 37.5 Å². The number of carbonyl (C=O) groups is 1. The zero-order valence-electron chi connectivity index (χ0n) is 21.4. The lowest BCUT2D eigenvalue weighted by Crippen LogP contribution is -2.35. The zero-order valence-corrected chi connectivity index (χ0v) is 23.8. The molecule has 0 N–H and O–H groups in total. The van der Waals surface area contributed by atoms with Crippen LogP contribution in [-0.4, -0.2) is 74.9 Å². The molecule has 1 fully saturated rings. The van der Waals surface area contributed by atoms with E-state index in [9.17, 15) is 9.59 Å². The van der Waals surface area contributed by atoms with Crippen LogP contribution in [0.1, 0.15) is 37.5 Å². The number of ether oxygens (including phenoxy) is 3. The highest BCUT2D eigenvalue weighted by Crippen LogP contribution is 2.38. The van der Waals surface area contributed by atoms with Crippen molar-refractivity contribution in [1.29, 1.82) is 0 Å². The van der Waals surface area contributed by atoms with E-state index in [1.165, 1.54) is 0 Å². The largest absolute Gasteiger partial charge is 0.480 e. The third-order valence-electron chi connectivity index (χ3n) is 6.26. The Hall–Kier alpha value is -1.55. The van der Waals surface area contributed by atoms with Gasteiger partial charge in [-0.3, -0.25) is 4.90 Å². The Kier molecular flexibility index (Phi) is 14.1. The topological polar surface area (TPSA) is 81.5 Å². The first-order chi connectivity index (χ1) is 16.4. The molecule has 0 amide bonds. The van der Waals surface area contributed by atoms with Crippen molar-refractivity contribution in [2.45, 2.75) is 40.7 Å². The van der Waals surface area contributed by atoms with Gasteiger partial charge < -0.3 is 23.5 Å². The molecular formula is C25H37Cl3N2O6. The van der Waals surface area contributed by atoms with Crippen LogP contribution in [0.4, 0.5) is 0 Å². The predicted molar refractivity (Wildman–Crippen MR) is 146 cm³/mol. The van der Waals surface area contributed by atoms with Crippen molar-refractivity contribution in [2.24, 2.45) is 0 Å². The van der Waals surface area contributed by atoms with Crippen molar-refractivity contribution in [3.05, 3.63) is 38.2 Å². The van der Waals surface area contributed by atoms with Gasteiger partial charge in [-0.2, -0.15) is 0 Å². The van der Waals surface area contributed by atoms with Gasteiger partial charge in [0.15, 0.2) is 12.2 Å². The van der Waals surface area contributed by atoms with Crippen LogP contribution in [-0.2, 0) is 27.2 Å². The molecule has 2 aromatic rings. The smallest absolute Gasteiger partial charge is 0.344 e. The van der Waals surface area contributed by atoms with Crippen LogP contribution in [0.5, 0.6) is 5.75 Å². The Balaban J connectivity index is 0.00000324. The number of morpholine rings is 1. The third-order valence-corrected chi connectivity index (χ3v) is 6.60. The monoisotopic (exact) mass is 566 g/mol. The second kappa shape index (κ2) is 15.6. The highest BCUT2D eigenvalue weighted by Gasteiger charge is 2.23. The summed E-state index contributed by atoms with van der Waals surface area (Å²) in [5, 5.41) is 0.978. The van der Waals surface area contributed by atoms with Crippen LogP contribution >= 0.6 is 36.4 Å². The van der Waals surface area contributed by atoms with E-state index in [4.69, 9.17) is 30.2 Å². The van der Waals surface area contributed by atoms with Gasteiger partial charge in [-0.25, -0.2) is 9.59 Å². The minimum Gasteiger partial charge on any atom is -0.480 e. The molecule has 204 valence electrons. The molecule has 0 bridgehead atoms.